The van der Waals surface area contributed by atoms with E-state index >= 15 is 0 Å². The zero-order valence-electron chi connectivity index (χ0n) is 19.1. The predicted octanol–water partition coefficient (Wildman–Crippen LogP) is 4.56. The third-order valence-corrected chi connectivity index (χ3v) is 7.29. The number of anilines is 2. The van der Waals surface area contributed by atoms with Gasteiger partial charge in [0.05, 0.1) is 24.9 Å². The van der Waals surface area contributed by atoms with Crippen molar-refractivity contribution in [3.05, 3.63) is 35.2 Å². The van der Waals surface area contributed by atoms with Crippen molar-refractivity contribution >= 4 is 17.6 Å². The highest BCUT2D eigenvalue weighted by Gasteiger charge is 2.47. The molecule has 9 heteroatoms. The van der Waals surface area contributed by atoms with Gasteiger partial charge in [0.15, 0.2) is 23.1 Å². The number of ether oxygens (including phenoxy) is 2. The number of aryl methyl sites for hydroxylation is 1. The number of aromatic nitrogens is 1. The molecule has 2 aliphatic carbocycles. The van der Waals surface area contributed by atoms with E-state index in [1.807, 2.05) is 18.7 Å². The van der Waals surface area contributed by atoms with Crippen LogP contribution in [0.15, 0.2) is 16.5 Å². The van der Waals surface area contributed by atoms with E-state index in [9.17, 15) is 13.6 Å². The standard InChI is InChI=1S/C24H29F2N3O4/c1-4-19-21(28-23(33-19)29-11-24(5-2,12-29)31-3)22(30)27-18-9-17(26)20(10-16(18)25)32-15-7-13-6-14(13)8-15/h9-10,13-15H,4-8,11-12H2,1-3H3,(H,27,30)/t13-,14?,15?/m0/s1. The van der Waals surface area contributed by atoms with Crippen LogP contribution in [0.2, 0.25) is 0 Å². The van der Waals surface area contributed by atoms with Crippen LogP contribution in [-0.2, 0) is 11.2 Å². The lowest BCUT2D eigenvalue weighted by atomic mass is 9.91. The highest BCUT2D eigenvalue weighted by atomic mass is 19.1. The summed E-state index contributed by atoms with van der Waals surface area (Å²) in [5.74, 6) is -0.519. The number of nitrogens with zero attached hydrogens (tertiary/aromatic N) is 2. The Balaban J connectivity index is 1.28. The second-order valence-electron chi connectivity index (χ2n) is 9.40. The molecule has 1 N–H and O–H groups in total. The minimum absolute atomic E-state index is 0.0595. The van der Waals surface area contributed by atoms with Gasteiger partial charge >= 0.3 is 0 Å². The first-order chi connectivity index (χ1) is 15.8. The number of nitrogens with one attached hydrogen (secondary N) is 1. The fourth-order valence-electron chi connectivity index (χ4n) is 5.00. The summed E-state index contributed by atoms with van der Waals surface area (Å²) in [5, 5.41) is 2.43. The summed E-state index contributed by atoms with van der Waals surface area (Å²) in [6.07, 6.45) is 4.20. The maximum Gasteiger partial charge on any atom is 0.298 e. The van der Waals surface area contributed by atoms with Crippen LogP contribution in [0.4, 0.5) is 20.5 Å². The van der Waals surface area contributed by atoms with Crippen LogP contribution in [0, 0.1) is 23.5 Å². The van der Waals surface area contributed by atoms with Crippen LogP contribution < -0.4 is 15.0 Å². The zero-order valence-corrected chi connectivity index (χ0v) is 19.1. The van der Waals surface area contributed by atoms with Gasteiger partial charge in [-0.2, -0.15) is 4.98 Å². The van der Waals surface area contributed by atoms with Gasteiger partial charge in [-0.25, -0.2) is 8.78 Å². The van der Waals surface area contributed by atoms with Crippen LogP contribution in [0.3, 0.4) is 0 Å². The summed E-state index contributed by atoms with van der Waals surface area (Å²) in [4.78, 5) is 19.1. The molecule has 2 aromatic rings. The molecule has 0 spiro atoms. The van der Waals surface area contributed by atoms with E-state index in [-0.39, 0.29) is 28.8 Å². The van der Waals surface area contributed by atoms with Gasteiger partial charge in [0.25, 0.3) is 11.9 Å². The first kappa shape index (κ1) is 22.1. The Labute approximate surface area is 191 Å². The number of hydrogen-bond donors (Lipinski definition) is 1. The molecule has 7 nitrogen and oxygen atoms in total. The van der Waals surface area contributed by atoms with E-state index in [0.29, 0.717) is 43.1 Å². The van der Waals surface area contributed by atoms with E-state index in [2.05, 4.69) is 10.3 Å². The molecule has 1 aromatic heterocycles. The van der Waals surface area contributed by atoms with E-state index in [1.165, 1.54) is 6.42 Å². The number of oxazole rings is 1. The number of amides is 1. The molecule has 5 rings (SSSR count). The van der Waals surface area contributed by atoms with Gasteiger partial charge in [-0.15, -0.1) is 0 Å². The molecule has 0 bridgehead atoms. The Bertz CT molecular complexity index is 1050. The second-order valence-corrected chi connectivity index (χ2v) is 9.40. The lowest BCUT2D eigenvalue weighted by Crippen LogP contribution is -2.62. The highest BCUT2D eigenvalue weighted by molar-refractivity contribution is 6.03. The molecule has 3 fully saturated rings. The third-order valence-electron chi connectivity index (χ3n) is 7.29. The molecule has 3 aliphatic rings. The number of carbonyl (C=O) groups is 1. The topological polar surface area (TPSA) is 76.8 Å². The van der Waals surface area contributed by atoms with Crippen LogP contribution in [0.25, 0.3) is 0 Å². The van der Waals surface area contributed by atoms with E-state index in [0.717, 1.165) is 31.4 Å². The van der Waals surface area contributed by atoms with Crippen LogP contribution in [-0.4, -0.2) is 42.8 Å². The number of methoxy groups -OCH3 is 1. The average molecular weight is 462 g/mol. The summed E-state index contributed by atoms with van der Waals surface area (Å²) >= 11 is 0. The van der Waals surface area contributed by atoms with Crippen molar-refractivity contribution in [2.24, 2.45) is 11.8 Å². The number of carbonyl (C=O) groups excluding carboxylic acids is 1. The van der Waals surface area contributed by atoms with Crippen molar-refractivity contribution in [1.29, 1.82) is 0 Å². The molecular weight excluding hydrogens is 432 g/mol. The lowest BCUT2D eigenvalue weighted by Gasteiger charge is -2.47. The first-order valence-corrected chi connectivity index (χ1v) is 11.6. The molecule has 33 heavy (non-hydrogen) atoms. The molecule has 1 aromatic carbocycles. The number of fused-ring (bicyclic) bond motifs is 1. The Morgan fingerprint density at radius 3 is 2.58 bits per heavy atom. The molecule has 178 valence electrons. The normalized spacial score (nSPS) is 24.9. The van der Waals surface area contributed by atoms with Crippen LogP contribution >= 0.6 is 0 Å². The zero-order chi connectivity index (χ0) is 23.3. The lowest BCUT2D eigenvalue weighted by molar-refractivity contribution is -0.0379. The summed E-state index contributed by atoms with van der Waals surface area (Å²) in [7, 11) is 1.67. The quantitative estimate of drug-likeness (QED) is 0.621. The summed E-state index contributed by atoms with van der Waals surface area (Å²) in [5.41, 5.74) is -0.449. The minimum Gasteiger partial charge on any atom is -0.487 e. The molecule has 2 heterocycles. The summed E-state index contributed by atoms with van der Waals surface area (Å²) < 4.78 is 46.3. The van der Waals surface area contributed by atoms with Crippen molar-refractivity contribution in [3.8, 4) is 5.75 Å². The predicted molar refractivity (Wildman–Crippen MR) is 118 cm³/mol. The van der Waals surface area contributed by atoms with Gasteiger partial charge in [-0.05, 0) is 37.5 Å². The van der Waals surface area contributed by atoms with Gasteiger partial charge in [0.1, 0.15) is 11.4 Å². The Hall–Kier alpha value is -2.68. The molecule has 1 amide bonds. The van der Waals surface area contributed by atoms with Gasteiger partial charge in [0, 0.05) is 25.7 Å². The Morgan fingerprint density at radius 1 is 1.21 bits per heavy atom. The van der Waals surface area contributed by atoms with Crippen LogP contribution in [0.1, 0.15) is 55.8 Å². The monoisotopic (exact) mass is 461 g/mol. The van der Waals surface area contributed by atoms with Gasteiger partial charge < -0.3 is 24.1 Å². The molecule has 1 saturated heterocycles. The molecule has 2 unspecified atom stereocenters. The fraction of sp³-hybridized carbons (Fsp3) is 0.583. The number of rotatable bonds is 8. The Kier molecular flexibility index (Phi) is 5.55. The third kappa shape index (κ3) is 4.07. The van der Waals surface area contributed by atoms with E-state index in [4.69, 9.17) is 13.9 Å². The minimum atomic E-state index is -0.764. The van der Waals surface area contributed by atoms with Crippen LogP contribution in [0.5, 0.6) is 5.75 Å². The van der Waals surface area contributed by atoms with E-state index in [1.54, 1.807) is 7.11 Å². The summed E-state index contributed by atoms with van der Waals surface area (Å²) in [6, 6.07) is 2.27. The first-order valence-electron chi connectivity index (χ1n) is 11.6. The SMILES string of the molecule is CCc1oc(N2CC(CC)(OC)C2)nc1C(=O)Nc1cc(F)c(OC2CC3C[C@H]3C2)cc1F. The van der Waals surface area contributed by atoms with E-state index < -0.39 is 17.5 Å². The molecule has 0 radical (unpaired) electrons. The molecular formula is C24H29F2N3O4. The van der Waals surface area contributed by atoms with Crippen molar-refractivity contribution < 1.29 is 27.5 Å². The van der Waals surface area contributed by atoms with Crippen molar-refractivity contribution in [2.75, 3.05) is 30.4 Å². The maximum absolute atomic E-state index is 14.7. The number of benzene rings is 1. The maximum atomic E-state index is 14.7. The smallest absolute Gasteiger partial charge is 0.298 e. The molecule has 3 atom stereocenters. The second kappa shape index (κ2) is 8.27. The van der Waals surface area contributed by atoms with Crippen molar-refractivity contribution in [2.45, 2.75) is 57.7 Å². The van der Waals surface area contributed by atoms with Gasteiger partial charge in [-0.3, -0.25) is 4.79 Å². The summed E-state index contributed by atoms with van der Waals surface area (Å²) in [6.45, 7) is 5.10. The van der Waals surface area contributed by atoms with Crippen molar-refractivity contribution in [3.63, 3.8) is 0 Å². The largest absolute Gasteiger partial charge is 0.487 e. The van der Waals surface area contributed by atoms with Gasteiger partial charge in [-0.1, -0.05) is 13.8 Å². The molecule has 1 aliphatic heterocycles. The fourth-order valence-corrected chi connectivity index (χ4v) is 5.00. The Morgan fingerprint density at radius 2 is 1.94 bits per heavy atom. The average Bonchev–Trinajstić information content (AvgIpc) is 3.18. The van der Waals surface area contributed by atoms with Crippen molar-refractivity contribution in [1.82, 2.24) is 4.98 Å². The highest BCUT2D eigenvalue weighted by Crippen LogP contribution is 2.52. The number of halogens is 2. The van der Waals surface area contributed by atoms with Gasteiger partial charge in [0.2, 0.25) is 0 Å². The molecule has 2 saturated carbocycles. The number of hydrogen-bond acceptors (Lipinski definition) is 6.